The average molecular weight is 284 g/mol. The molecule has 2 fully saturated rings. The van der Waals surface area contributed by atoms with Crippen LogP contribution in [0.1, 0.15) is 18.4 Å². The molecule has 1 aromatic heterocycles. The zero-order chi connectivity index (χ0) is 14.4. The Bertz CT molecular complexity index is 736. The van der Waals surface area contributed by atoms with Gasteiger partial charge in [-0.15, -0.1) is 0 Å². The minimum atomic E-state index is -0.489. The number of furan rings is 1. The molecule has 3 heterocycles. The van der Waals surface area contributed by atoms with Gasteiger partial charge in [0, 0.05) is 24.9 Å². The third-order valence-corrected chi connectivity index (χ3v) is 4.59. The van der Waals surface area contributed by atoms with Crippen LogP contribution in [0.3, 0.4) is 0 Å². The molecular weight excluding hydrogens is 268 g/mol. The number of hydrogen-bond donors (Lipinski definition) is 1. The first-order valence-electron chi connectivity index (χ1n) is 7.17. The summed E-state index contributed by atoms with van der Waals surface area (Å²) in [4.78, 5) is 25.7. The highest BCUT2D eigenvalue weighted by molar-refractivity contribution is 6.06. The van der Waals surface area contributed by atoms with Gasteiger partial charge in [0.1, 0.15) is 5.58 Å². The molecule has 2 amide bonds. The van der Waals surface area contributed by atoms with E-state index in [0.717, 1.165) is 30.5 Å². The van der Waals surface area contributed by atoms with Gasteiger partial charge < -0.3 is 4.42 Å². The zero-order valence-electron chi connectivity index (χ0n) is 11.6. The van der Waals surface area contributed by atoms with Crippen molar-refractivity contribution in [1.29, 1.82) is 0 Å². The molecule has 2 aromatic rings. The normalized spacial score (nSPS) is 26.1. The van der Waals surface area contributed by atoms with Crippen LogP contribution in [0.5, 0.6) is 0 Å². The van der Waals surface area contributed by atoms with Crippen molar-refractivity contribution >= 4 is 22.8 Å². The van der Waals surface area contributed by atoms with Gasteiger partial charge in [-0.2, -0.15) is 0 Å². The fourth-order valence-corrected chi connectivity index (χ4v) is 3.49. The average Bonchev–Trinajstić information content (AvgIpc) is 3.11. The van der Waals surface area contributed by atoms with Crippen LogP contribution in [0.15, 0.2) is 34.9 Å². The topological polar surface area (TPSA) is 62.6 Å². The van der Waals surface area contributed by atoms with Crippen LogP contribution < -0.4 is 5.32 Å². The lowest BCUT2D eigenvalue weighted by molar-refractivity contribution is -0.128. The van der Waals surface area contributed by atoms with Crippen molar-refractivity contribution in [3.05, 3.63) is 36.1 Å². The second-order valence-electron chi connectivity index (χ2n) is 6.09. The molecule has 2 aliphatic heterocycles. The summed E-state index contributed by atoms with van der Waals surface area (Å²) < 4.78 is 5.34. The van der Waals surface area contributed by atoms with E-state index in [4.69, 9.17) is 4.42 Å². The van der Waals surface area contributed by atoms with Gasteiger partial charge in [-0.25, -0.2) is 0 Å². The lowest BCUT2D eigenvalue weighted by atomic mass is 9.85. The number of likely N-dealkylation sites (tertiary alicyclic amines) is 1. The first-order chi connectivity index (χ1) is 10.1. The summed E-state index contributed by atoms with van der Waals surface area (Å²) in [6, 6.07) is 8.09. The molecule has 2 aliphatic rings. The van der Waals surface area contributed by atoms with Crippen LogP contribution in [-0.2, 0) is 16.1 Å². The number of imide groups is 1. The van der Waals surface area contributed by atoms with Gasteiger partial charge in [0.05, 0.1) is 11.7 Å². The van der Waals surface area contributed by atoms with Gasteiger partial charge in [-0.3, -0.25) is 19.8 Å². The van der Waals surface area contributed by atoms with Gasteiger partial charge in [-0.05, 0) is 36.7 Å². The maximum Gasteiger partial charge on any atom is 0.234 e. The monoisotopic (exact) mass is 284 g/mol. The Morgan fingerprint density at radius 1 is 1.29 bits per heavy atom. The fourth-order valence-electron chi connectivity index (χ4n) is 3.49. The highest BCUT2D eigenvalue weighted by Crippen LogP contribution is 2.38. The van der Waals surface area contributed by atoms with E-state index in [-0.39, 0.29) is 11.8 Å². The zero-order valence-corrected chi connectivity index (χ0v) is 11.6. The number of nitrogens with one attached hydrogen (secondary N) is 1. The number of nitrogens with zero attached hydrogens (tertiary/aromatic N) is 1. The molecule has 1 spiro atoms. The van der Waals surface area contributed by atoms with Gasteiger partial charge >= 0.3 is 0 Å². The van der Waals surface area contributed by atoms with E-state index < -0.39 is 5.41 Å². The number of amides is 2. The van der Waals surface area contributed by atoms with Crippen LogP contribution in [0.2, 0.25) is 0 Å². The Hall–Kier alpha value is -2.14. The standard InChI is InChI=1S/C16H16N2O3/c19-14-8-16(15(20)17-14)4-5-18(10-16)9-11-1-2-13-12(7-11)3-6-21-13/h1-3,6-7H,4-5,8-10H2,(H,17,19,20)/t16-/m1/s1. The largest absolute Gasteiger partial charge is 0.464 e. The number of fused-ring (bicyclic) bond motifs is 1. The van der Waals surface area contributed by atoms with Gasteiger partial charge in [0.15, 0.2) is 0 Å². The van der Waals surface area contributed by atoms with E-state index in [1.807, 2.05) is 12.1 Å². The summed E-state index contributed by atoms with van der Waals surface area (Å²) in [5.41, 5.74) is 1.60. The van der Waals surface area contributed by atoms with E-state index in [9.17, 15) is 9.59 Å². The predicted octanol–water partition coefficient (Wildman–Crippen LogP) is 1.67. The van der Waals surface area contributed by atoms with Crippen LogP contribution in [0.4, 0.5) is 0 Å². The van der Waals surface area contributed by atoms with Crippen molar-refractivity contribution in [3.8, 4) is 0 Å². The van der Waals surface area contributed by atoms with Crippen LogP contribution in [-0.4, -0.2) is 29.8 Å². The fraction of sp³-hybridized carbons (Fsp3) is 0.375. The third kappa shape index (κ3) is 2.05. The smallest absolute Gasteiger partial charge is 0.234 e. The molecule has 0 aliphatic carbocycles. The summed E-state index contributed by atoms with van der Waals surface area (Å²) in [6.07, 6.45) is 2.79. The summed E-state index contributed by atoms with van der Waals surface area (Å²) in [7, 11) is 0. The lowest BCUT2D eigenvalue weighted by Crippen LogP contribution is -2.34. The van der Waals surface area contributed by atoms with Gasteiger partial charge in [0.25, 0.3) is 0 Å². The van der Waals surface area contributed by atoms with Gasteiger partial charge in [-0.1, -0.05) is 6.07 Å². The molecule has 4 rings (SSSR count). The quantitative estimate of drug-likeness (QED) is 0.852. The molecule has 1 N–H and O–H groups in total. The number of rotatable bonds is 2. The van der Waals surface area contributed by atoms with E-state index >= 15 is 0 Å². The second-order valence-corrected chi connectivity index (χ2v) is 6.09. The highest BCUT2D eigenvalue weighted by Gasteiger charge is 2.50. The first kappa shape index (κ1) is 12.6. The van der Waals surface area contributed by atoms with Crippen molar-refractivity contribution in [2.24, 2.45) is 5.41 Å². The van der Waals surface area contributed by atoms with Crippen LogP contribution in [0.25, 0.3) is 11.0 Å². The summed E-state index contributed by atoms with van der Waals surface area (Å²) in [5, 5.41) is 3.53. The highest BCUT2D eigenvalue weighted by atomic mass is 16.3. The molecular formula is C16H16N2O3. The van der Waals surface area contributed by atoms with Crippen LogP contribution >= 0.6 is 0 Å². The second kappa shape index (κ2) is 4.43. The van der Waals surface area contributed by atoms with Gasteiger partial charge in [0.2, 0.25) is 11.8 Å². The number of carbonyl (C=O) groups is 2. The molecule has 0 radical (unpaired) electrons. The number of benzene rings is 1. The van der Waals surface area contributed by atoms with Crippen molar-refractivity contribution in [3.63, 3.8) is 0 Å². The number of hydrogen-bond acceptors (Lipinski definition) is 4. The minimum Gasteiger partial charge on any atom is -0.464 e. The van der Waals surface area contributed by atoms with Crippen molar-refractivity contribution < 1.29 is 14.0 Å². The summed E-state index contributed by atoms with van der Waals surface area (Å²) in [6.45, 7) is 2.31. The molecule has 0 unspecified atom stereocenters. The maximum absolute atomic E-state index is 12.0. The van der Waals surface area contributed by atoms with Crippen molar-refractivity contribution in [2.75, 3.05) is 13.1 Å². The van der Waals surface area contributed by atoms with Crippen molar-refractivity contribution in [1.82, 2.24) is 10.2 Å². The van der Waals surface area contributed by atoms with E-state index in [0.29, 0.717) is 13.0 Å². The molecule has 21 heavy (non-hydrogen) atoms. The molecule has 1 atom stereocenters. The molecule has 5 nitrogen and oxygen atoms in total. The van der Waals surface area contributed by atoms with E-state index in [1.54, 1.807) is 6.26 Å². The minimum absolute atomic E-state index is 0.0970. The Morgan fingerprint density at radius 3 is 3.00 bits per heavy atom. The molecule has 2 saturated heterocycles. The molecule has 1 aromatic carbocycles. The summed E-state index contributed by atoms with van der Waals surface area (Å²) >= 11 is 0. The summed E-state index contributed by atoms with van der Waals surface area (Å²) in [5.74, 6) is -0.234. The Labute approximate surface area is 121 Å². The molecule has 0 bridgehead atoms. The molecule has 5 heteroatoms. The Kier molecular flexibility index (Phi) is 2.65. The third-order valence-electron chi connectivity index (χ3n) is 4.59. The first-order valence-corrected chi connectivity index (χ1v) is 7.17. The SMILES string of the molecule is O=C1C[C@@]2(CCN(Cc3ccc4occc4c3)C2)C(=O)N1. The maximum atomic E-state index is 12.0. The predicted molar refractivity (Wildman–Crippen MR) is 76.3 cm³/mol. The molecule has 0 saturated carbocycles. The van der Waals surface area contributed by atoms with Crippen molar-refractivity contribution in [2.45, 2.75) is 19.4 Å². The van der Waals surface area contributed by atoms with E-state index in [2.05, 4.69) is 22.3 Å². The van der Waals surface area contributed by atoms with E-state index in [1.165, 1.54) is 5.56 Å². The lowest BCUT2D eigenvalue weighted by Gasteiger charge is -2.20. The Morgan fingerprint density at radius 2 is 2.19 bits per heavy atom. The number of carbonyl (C=O) groups excluding carboxylic acids is 2. The van der Waals surface area contributed by atoms with Crippen LogP contribution in [0, 0.1) is 5.41 Å². The molecule has 108 valence electrons. The Balaban J connectivity index is 1.51.